The van der Waals surface area contributed by atoms with Crippen molar-refractivity contribution in [1.82, 2.24) is 20.2 Å². The van der Waals surface area contributed by atoms with E-state index in [0.29, 0.717) is 28.8 Å². The van der Waals surface area contributed by atoms with Gasteiger partial charge in [0.2, 0.25) is 10.0 Å². The van der Waals surface area contributed by atoms with E-state index in [1.165, 1.54) is 6.07 Å². The molecule has 9 nitrogen and oxygen atoms in total. The Hall–Kier alpha value is -3.27. The van der Waals surface area contributed by atoms with Gasteiger partial charge in [-0.25, -0.2) is 13.1 Å². The average Bonchev–Trinajstić information content (AvgIpc) is 3.37. The van der Waals surface area contributed by atoms with Gasteiger partial charge in [0.05, 0.1) is 12.3 Å². The molecule has 1 aliphatic carbocycles. The highest BCUT2D eigenvalue weighted by atomic mass is 32.2. The number of amides is 1. The molecule has 4 rings (SSSR count). The lowest BCUT2D eigenvalue weighted by atomic mass is 10.1. The largest absolute Gasteiger partial charge is 0.322 e. The number of aromatic nitrogens is 4. The van der Waals surface area contributed by atoms with Crippen molar-refractivity contribution in [1.29, 1.82) is 0 Å². The molecule has 3 aromatic rings. The highest BCUT2D eigenvalue weighted by Crippen LogP contribution is 2.36. The standard InChI is InChI=1S/C18H18N6O3S/c1-28(26,27)21-15-7-3-5-13(11-15)18(25)19-14-6-2-4-12(10-14)17-20-22-23-24(17)16-8-9-16/h2-7,10-11,16,21H,8-9H2,1H3,(H,19,25). The molecule has 1 aromatic heterocycles. The van der Waals surface area contributed by atoms with E-state index in [-0.39, 0.29) is 5.91 Å². The summed E-state index contributed by atoms with van der Waals surface area (Å²) in [5.74, 6) is 0.314. The minimum absolute atomic E-state index is 0.326. The number of hydrogen-bond acceptors (Lipinski definition) is 6. The fraction of sp³-hybridized carbons (Fsp3) is 0.222. The maximum atomic E-state index is 12.6. The molecule has 2 N–H and O–H groups in total. The molecule has 0 bridgehead atoms. The molecule has 1 heterocycles. The minimum atomic E-state index is -3.42. The van der Waals surface area contributed by atoms with Crippen LogP contribution >= 0.6 is 0 Å². The third kappa shape index (κ3) is 4.17. The molecule has 0 saturated heterocycles. The van der Waals surface area contributed by atoms with Gasteiger partial charge in [0, 0.05) is 22.5 Å². The molecule has 1 saturated carbocycles. The summed E-state index contributed by atoms with van der Waals surface area (Å²) in [4.78, 5) is 12.6. The summed E-state index contributed by atoms with van der Waals surface area (Å²) in [7, 11) is -3.42. The molecule has 0 unspecified atom stereocenters. The fourth-order valence-corrected chi connectivity index (χ4v) is 3.38. The van der Waals surface area contributed by atoms with Crippen molar-refractivity contribution in [2.45, 2.75) is 18.9 Å². The van der Waals surface area contributed by atoms with Crippen LogP contribution in [0.15, 0.2) is 48.5 Å². The van der Waals surface area contributed by atoms with Crippen molar-refractivity contribution in [2.24, 2.45) is 0 Å². The molecule has 1 amide bonds. The summed E-state index contributed by atoms with van der Waals surface area (Å²) < 4.78 is 26.9. The SMILES string of the molecule is CS(=O)(=O)Nc1cccc(C(=O)Nc2cccc(-c3nnnn3C3CC3)c2)c1. The molecule has 0 aliphatic heterocycles. The lowest BCUT2D eigenvalue weighted by molar-refractivity contribution is 0.102. The number of carbonyl (C=O) groups excluding carboxylic acids is 1. The second-order valence-corrected chi connectivity index (χ2v) is 8.42. The van der Waals surface area contributed by atoms with Gasteiger partial charge in [0.25, 0.3) is 5.91 Å². The summed E-state index contributed by atoms with van der Waals surface area (Å²) in [6.45, 7) is 0. The first-order valence-electron chi connectivity index (χ1n) is 8.66. The zero-order chi connectivity index (χ0) is 19.7. The zero-order valence-corrected chi connectivity index (χ0v) is 15.8. The third-order valence-electron chi connectivity index (χ3n) is 4.19. The van der Waals surface area contributed by atoms with Crippen LogP contribution < -0.4 is 10.0 Å². The van der Waals surface area contributed by atoms with Gasteiger partial charge in [-0.1, -0.05) is 18.2 Å². The maximum Gasteiger partial charge on any atom is 0.255 e. The summed E-state index contributed by atoms with van der Waals surface area (Å²) >= 11 is 0. The number of rotatable bonds is 6. The molecule has 2 aromatic carbocycles. The van der Waals surface area contributed by atoms with E-state index < -0.39 is 10.0 Å². The average molecular weight is 398 g/mol. The molecule has 144 valence electrons. The molecule has 0 radical (unpaired) electrons. The molecule has 0 atom stereocenters. The van der Waals surface area contributed by atoms with E-state index in [1.54, 1.807) is 35.0 Å². The number of tetrazole rings is 1. The number of benzene rings is 2. The smallest absolute Gasteiger partial charge is 0.255 e. The van der Waals surface area contributed by atoms with Crippen LogP contribution in [0.25, 0.3) is 11.4 Å². The third-order valence-corrected chi connectivity index (χ3v) is 4.80. The van der Waals surface area contributed by atoms with Crippen molar-refractivity contribution in [3.05, 3.63) is 54.1 Å². The Labute approximate surface area is 161 Å². The van der Waals surface area contributed by atoms with Crippen LogP contribution in [-0.2, 0) is 10.0 Å². The normalized spacial score (nSPS) is 13.9. The lowest BCUT2D eigenvalue weighted by Crippen LogP contribution is -2.14. The maximum absolute atomic E-state index is 12.6. The Balaban J connectivity index is 1.54. The monoisotopic (exact) mass is 398 g/mol. The Kier molecular flexibility index (Phi) is 4.55. The Morgan fingerprint density at radius 1 is 1.11 bits per heavy atom. The molecular weight excluding hydrogens is 380 g/mol. The second kappa shape index (κ2) is 7.04. The first-order chi connectivity index (χ1) is 13.4. The molecular formula is C18H18N6O3S. The fourth-order valence-electron chi connectivity index (χ4n) is 2.83. The van der Waals surface area contributed by atoms with Crippen LogP contribution in [0.1, 0.15) is 29.2 Å². The van der Waals surface area contributed by atoms with Crippen molar-refractivity contribution in [3.8, 4) is 11.4 Å². The van der Waals surface area contributed by atoms with E-state index in [1.807, 2.05) is 12.1 Å². The zero-order valence-electron chi connectivity index (χ0n) is 15.0. The summed E-state index contributed by atoms with van der Waals surface area (Å²) in [5.41, 5.74) is 2.06. The van der Waals surface area contributed by atoms with E-state index in [2.05, 4.69) is 25.6 Å². The minimum Gasteiger partial charge on any atom is -0.322 e. The van der Waals surface area contributed by atoms with Crippen LogP contribution in [0.3, 0.4) is 0 Å². The molecule has 1 aliphatic rings. The van der Waals surface area contributed by atoms with Crippen LogP contribution in [0.5, 0.6) is 0 Å². The first kappa shape index (κ1) is 18.1. The van der Waals surface area contributed by atoms with Crippen LogP contribution in [0.4, 0.5) is 11.4 Å². The van der Waals surface area contributed by atoms with Gasteiger partial charge in [0.15, 0.2) is 5.82 Å². The van der Waals surface area contributed by atoms with Gasteiger partial charge in [0.1, 0.15) is 0 Å². The first-order valence-corrected chi connectivity index (χ1v) is 10.6. The van der Waals surface area contributed by atoms with Crippen molar-refractivity contribution >= 4 is 27.3 Å². The topological polar surface area (TPSA) is 119 Å². The van der Waals surface area contributed by atoms with Crippen molar-refractivity contribution < 1.29 is 13.2 Å². The summed E-state index contributed by atoms with van der Waals surface area (Å²) in [6, 6.07) is 13.9. The van der Waals surface area contributed by atoms with Crippen LogP contribution in [0, 0.1) is 0 Å². The summed E-state index contributed by atoms with van der Waals surface area (Å²) in [6.07, 6.45) is 3.18. The van der Waals surface area contributed by atoms with E-state index in [0.717, 1.165) is 24.7 Å². The lowest BCUT2D eigenvalue weighted by Gasteiger charge is -2.09. The van der Waals surface area contributed by atoms with Gasteiger partial charge in [-0.3, -0.25) is 9.52 Å². The number of nitrogens with one attached hydrogen (secondary N) is 2. The van der Waals surface area contributed by atoms with Crippen molar-refractivity contribution in [3.63, 3.8) is 0 Å². The van der Waals surface area contributed by atoms with E-state index in [9.17, 15) is 13.2 Å². The van der Waals surface area contributed by atoms with Gasteiger partial charge in [-0.15, -0.1) is 5.10 Å². The predicted octanol–water partition coefficient (Wildman–Crippen LogP) is 2.30. The number of carbonyl (C=O) groups is 1. The Bertz CT molecular complexity index is 1140. The van der Waals surface area contributed by atoms with E-state index in [4.69, 9.17) is 0 Å². The number of sulfonamides is 1. The van der Waals surface area contributed by atoms with Crippen LogP contribution in [0.2, 0.25) is 0 Å². The summed E-state index contributed by atoms with van der Waals surface area (Å²) in [5, 5.41) is 14.7. The van der Waals surface area contributed by atoms with Crippen LogP contribution in [-0.4, -0.2) is 40.8 Å². The van der Waals surface area contributed by atoms with Gasteiger partial charge in [-0.2, -0.15) is 0 Å². The van der Waals surface area contributed by atoms with Crippen molar-refractivity contribution in [2.75, 3.05) is 16.3 Å². The molecule has 0 spiro atoms. The second-order valence-electron chi connectivity index (χ2n) is 6.67. The molecule has 28 heavy (non-hydrogen) atoms. The highest BCUT2D eigenvalue weighted by molar-refractivity contribution is 7.92. The Morgan fingerprint density at radius 3 is 2.61 bits per heavy atom. The highest BCUT2D eigenvalue weighted by Gasteiger charge is 2.28. The van der Waals surface area contributed by atoms with E-state index >= 15 is 0 Å². The Morgan fingerprint density at radius 2 is 1.86 bits per heavy atom. The number of anilines is 2. The van der Waals surface area contributed by atoms with Gasteiger partial charge < -0.3 is 5.32 Å². The number of nitrogens with zero attached hydrogens (tertiary/aromatic N) is 4. The van der Waals surface area contributed by atoms with Gasteiger partial charge >= 0.3 is 0 Å². The molecule has 10 heteroatoms. The van der Waals surface area contributed by atoms with Gasteiger partial charge in [-0.05, 0) is 53.6 Å². The number of hydrogen-bond donors (Lipinski definition) is 2. The molecule has 1 fully saturated rings. The predicted molar refractivity (Wildman–Crippen MR) is 104 cm³/mol. The quantitative estimate of drug-likeness (QED) is 0.658.